The molecule has 0 saturated carbocycles. The summed E-state index contributed by atoms with van der Waals surface area (Å²) in [6.07, 6.45) is 1.92. The van der Waals surface area contributed by atoms with Crippen molar-refractivity contribution in [1.29, 1.82) is 0 Å². The Morgan fingerprint density at radius 1 is 1.16 bits per heavy atom. The molecule has 19 heavy (non-hydrogen) atoms. The van der Waals surface area contributed by atoms with Crippen molar-refractivity contribution in [3.05, 3.63) is 54.2 Å². The molecule has 0 unspecified atom stereocenters. The molecule has 0 radical (unpaired) electrons. The van der Waals surface area contributed by atoms with Crippen molar-refractivity contribution in [3.8, 4) is 11.6 Å². The van der Waals surface area contributed by atoms with E-state index in [4.69, 9.17) is 14.2 Å². The number of benzene rings is 1. The van der Waals surface area contributed by atoms with E-state index in [1.807, 2.05) is 36.4 Å². The van der Waals surface area contributed by atoms with Crippen molar-refractivity contribution >= 4 is 0 Å². The highest BCUT2D eigenvalue weighted by molar-refractivity contribution is 5.26. The third-order valence-electron chi connectivity index (χ3n) is 2.77. The highest BCUT2D eigenvalue weighted by atomic mass is 16.6. The van der Waals surface area contributed by atoms with Crippen molar-refractivity contribution in [2.45, 2.75) is 12.7 Å². The fourth-order valence-corrected chi connectivity index (χ4v) is 1.64. The third-order valence-corrected chi connectivity index (χ3v) is 2.77. The van der Waals surface area contributed by atoms with Crippen LogP contribution in [0, 0.1) is 0 Å². The number of hydrogen-bond donors (Lipinski definition) is 0. The van der Waals surface area contributed by atoms with Crippen LogP contribution in [0.2, 0.25) is 0 Å². The second kappa shape index (κ2) is 5.71. The van der Waals surface area contributed by atoms with E-state index >= 15 is 0 Å². The molecule has 0 amide bonds. The summed E-state index contributed by atoms with van der Waals surface area (Å²) < 4.78 is 16.3. The van der Waals surface area contributed by atoms with Crippen LogP contribution in [0.3, 0.4) is 0 Å². The minimum absolute atomic E-state index is 0.232. The molecule has 1 saturated heterocycles. The van der Waals surface area contributed by atoms with Crippen LogP contribution >= 0.6 is 0 Å². The van der Waals surface area contributed by atoms with E-state index in [0.29, 0.717) is 19.1 Å². The van der Waals surface area contributed by atoms with Gasteiger partial charge in [0.1, 0.15) is 25.1 Å². The third kappa shape index (κ3) is 3.69. The molecule has 1 aliphatic rings. The average Bonchev–Trinajstić information content (AvgIpc) is 3.29. The average molecular weight is 257 g/mol. The summed E-state index contributed by atoms with van der Waals surface area (Å²) in [7, 11) is 0. The fourth-order valence-electron chi connectivity index (χ4n) is 1.64. The van der Waals surface area contributed by atoms with Gasteiger partial charge in [-0.1, -0.05) is 30.3 Å². The molecule has 3 rings (SSSR count). The van der Waals surface area contributed by atoms with Gasteiger partial charge in [0, 0.05) is 12.3 Å². The van der Waals surface area contributed by atoms with E-state index in [2.05, 4.69) is 4.98 Å². The Morgan fingerprint density at radius 3 is 2.79 bits per heavy atom. The van der Waals surface area contributed by atoms with Crippen molar-refractivity contribution in [2.24, 2.45) is 0 Å². The maximum atomic E-state index is 5.70. The maximum absolute atomic E-state index is 5.70. The van der Waals surface area contributed by atoms with Crippen LogP contribution in [-0.4, -0.2) is 24.3 Å². The number of epoxide rings is 1. The SMILES string of the molecule is c1ccc(COc2ccnc(OC[C@H]3CO3)c2)cc1. The highest BCUT2D eigenvalue weighted by Gasteiger charge is 2.23. The lowest BCUT2D eigenvalue weighted by atomic mass is 10.2. The highest BCUT2D eigenvalue weighted by Crippen LogP contribution is 2.19. The van der Waals surface area contributed by atoms with Gasteiger partial charge in [-0.25, -0.2) is 4.98 Å². The van der Waals surface area contributed by atoms with E-state index < -0.39 is 0 Å². The first-order valence-corrected chi connectivity index (χ1v) is 6.27. The molecule has 1 aliphatic heterocycles. The monoisotopic (exact) mass is 257 g/mol. The molecule has 1 aromatic carbocycles. The molecule has 98 valence electrons. The molecule has 1 aromatic heterocycles. The summed E-state index contributed by atoms with van der Waals surface area (Å²) in [6, 6.07) is 13.7. The smallest absolute Gasteiger partial charge is 0.217 e. The lowest BCUT2D eigenvalue weighted by molar-refractivity contribution is 0.251. The van der Waals surface area contributed by atoms with E-state index in [0.717, 1.165) is 17.9 Å². The molecule has 4 heteroatoms. The molecule has 2 heterocycles. The van der Waals surface area contributed by atoms with E-state index in [9.17, 15) is 0 Å². The number of ether oxygens (including phenoxy) is 3. The molecule has 0 N–H and O–H groups in total. The Balaban J connectivity index is 1.56. The summed E-state index contributed by atoms with van der Waals surface area (Å²) >= 11 is 0. The summed E-state index contributed by atoms with van der Waals surface area (Å²) in [4.78, 5) is 4.14. The van der Waals surface area contributed by atoms with Crippen molar-refractivity contribution in [2.75, 3.05) is 13.2 Å². The lowest BCUT2D eigenvalue weighted by Crippen LogP contribution is -2.05. The van der Waals surface area contributed by atoms with Crippen LogP contribution < -0.4 is 9.47 Å². The predicted molar refractivity (Wildman–Crippen MR) is 70.2 cm³/mol. The van der Waals surface area contributed by atoms with Crippen LogP contribution in [0.15, 0.2) is 48.7 Å². The maximum Gasteiger partial charge on any atom is 0.217 e. The Kier molecular flexibility index (Phi) is 3.61. The zero-order valence-electron chi connectivity index (χ0n) is 10.5. The van der Waals surface area contributed by atoms with Crippen molar-refractivity contribution in [1.82, 2.24) is 4.98 Å². The number of aromatic nitrogens is 1. The van der Waals surface area contributed by atoms with Gasteiger partial charge in [0.15, 0.2) is 0 Å². The summed E-state index contributed by atoms with van der Waals surface area (Å²) in [5.74, 6) is 1.33. The second-order valence-electron chi connectivity index (χ2n) is 4.37. The molecule has 2 aromatic rings. The van der Waals surface area contributed by atoms with Gasteiger partial charge in [-0.15, -0.1) is 0 Å². The van der Waals surface area contributed by atoms with Gasteiger partial charge in [-0.3, -0.25) is 0 Å². The van der Waals surface area contributed by atoms with Crippen molar-refractivity contribution in [3.63, 3.8) is 0 Å². The van der Waals surface area contributed by atoms with Crippen LogP contribution in [0.25, 0.3) is 0 Å². The van der Waals surface area contributed by atoms with Crippen LogP contribution in [0.5, 0.6) is 11.6 Å². The first-order chi connectivity index (χ1) is 9.40. The minimum atomic E-state index is 0.232. The molecule has 4 nitrogen and oxygen atoms in total. The van der Waals surface area contributed by atoms with Crippen LogP contribution in [0.1, 0.15) is 5.56 Å². The van der Waals surface area contributed by atoms with Gasteiger partial charge < -0.3 is 14.2 Å². The molecule has 0 aliphatic carbocycles. The Labute approximate surface area is 112 Å². The molecule has 1 atom stereocenters. The lowest BCUT2D eigenvalue weighted by Gasteiger charge is -2.08. The number of nitrogens with zero attached hydrogens (tertiary/aromatic N) is 1. The zero-order chi connectivity index (χ0) is 12.9. The van der Waals surface area contributed by atoms with Gasteiger partial charge in [0.05, 0.1) is 6.61 Å². The van der Waals surface area contributed by atoms with E-state index in [1.165, 1.54) is 0 Å². The Hall–Kier alpha value is -2.07. The molecule has 0 bridgehead atoms. The number of hydrogen-bond acceptors (Lipinski definition) is 4. The summed E-state index contributed by atoms with van der Waals surface area (Å²) in [6.45, 7) is 1.87. The van der Waals surface area contributed by atoms with Gasteiger partial charge in [0.2, 0.25) is 5.88 Å². The molecular formula is C15H15NO3. The van der Waals surface area contributed by atoms with Gasteiger partial charge in [0.25, 0.3) is 0 Å². The van der Waals surface area contributed by atoms with Crippen molar-refractivity contribution < 1.29 is 14.2 Å². The standard InChI is InChI=1S/C15H15NO3/c1-2-4-12(5-3-1)9-17-13-6-7-16-15(8-13)19-11-14-10-18-14/h1-8,14H,9-11H2/t14-/m1/s1. The Bertz CT molecular complexity index is 526. The summed E-state index contributed by atoms with van der Waals surface area (Å²) in [5.41, 5.74) is 1.13. The van der Waals surface area contributed by atoms with Gasteiger partial charge in [-0.2, -0.15) is 0 Å². The molecule has 0 spiro atoms. The first-order valence-electron chi connectivity index (χ1n) is 6.27. The second-order valence-corrected chi connectivity index (χ2v) is 4.37. The Morgan fingerprint density at radius 2 is 2.00 bits per heavy atom. The number of rotatable bonds is 6. The quantitative estimate of drug-likeness (QED) is 0.745. The normalized spacial score (nSPS) is 16.9. The topological polar surface area (TPSA) is 43.9 Å². The number of pyridine rings is 1. The predicted octanol–water partition coefficient (Wildman–Crippen LogP) is 2.44. The van der Waals surface area contributed by atoms with Gasteiger partial charge >= 0.3 is 0 Å². The molecule has 1 fully saturated rings. The van der Waals surface area contributed by atoms with E-state index in [1.54, 1.807) is 12.3 Å². The minimum Gasteiger partial charge on any atom is -0.489 e. The van der Waals surface area contributed by atoms with Crippen LogP contribution in [-0.2, 0) is 11.3 Å². The largest absolute Gasteiger partial charge is 0.489 e. The fraction of sp³-hybridized carbons (Fsp3) is 0.267. The van der Waals surface area contributed by atoms with E-state index in [-0.39, 0.29) is 6.10 Å². The first kappa shape index (κ1) is 12.0. The van der Waals surface area contributed by atoms with Crippen LogP contribution in [0.4, 0.5) is 0 Å². The molecular weight excluding hydrogens is 242 g/mol. The van der Waals surface area contributed by atoms with Gasteiger partial charge in [-0.05, 0) is 11.6 Å². The zero-order valence-corrected chi connectivity index (χ0v) is 10.5. The summed E-state index contributed by atoms with van der Waals surface area (Å²) in [5, 5.41) is 0.